The fourth-order valence-electron chi connectivity index (χ4n) is 0.817. The van der Waals surface area contributed by atoms with E-state index in [2.05, 4.69) is 23.6 Å². The molecular weight excluding hydrogens is 301 g/mol. The van der Waals surface area contributed by atoms with Gasteiger partial charge in [0.25, 0.3) is 0 Å². The SMILES string of the molecule is C=CC(=O)Oc1c(F)c(F)c(F)c(F)c1F.C=CC(N)=O. The smallest absolute Gasteiger partial charge is 0.335 e. The molecule has 0 aromatic heterocycles. The number of esters is 1. The molecule has 0 aliphatic rings. The Bertz CT molecular complexity index is 572. The molecule has 1 amide bonds. The lowest BCUT2D eigenvalue weighted by Gasteiger charge is -2.06. The molecule has 0 unspecified atom stereocenters. The lowest BCUT2D eigenvalue weighted by Crippen LogP contribution is -2.11. The summed E-state index contributed by atoms with van der Waals surface area (Å²) in [7, 11) is 0. The number of amides is 1. The maximum absolute atomic E-state index is 12.9. The average molecular weight is 309 g/mol. The Balaban J connectivity index is 0.000000690. The minimum Gasteiger partial charge on any atom is -0.417 e. The molecule has 0 radical (unpaired) electrons. The van der Waals surface area contributed by atoms with Crippen molar-refractivity contribution in [2.24, 2.45) is 5.73 Å². The fraction of sp³-hybridized carbons (Fsp3) is 0. The van der Waals surface area contributed by atoms with Crippen LogP contribution in [0.15, 0.2) is 25.3 Å². The van der Waals surface area contributed by atoms with Gasteiger partial charge in [-0.15, -0.1) is 0 Å². The molecule has 114 valence electrons. The first kappa shape index (κ1) is 18.3. The molecule has 0 atom stereocenters. The predicted molar refractivity (Wildman–Crippen MR) is 61.5 cm³/mol. The highest BCUT2D eigenvalue weighted by Crippen LogP contribution is 2.29. The van der Waals surface area contributed by atoms with Crippen molar-refractivity contribution in [3.8, 4) is 5.75 Å². The van der Waals surface area contributed by atoms with E-state index in [-0.39, 0.29) is 0 Å². The molecule has 0 heterocycles. The van der Waals surface area contributed by atoms with Crippen LogP contribution in [0.5, 0.6) is 5.75 Å². The number of hydrogen-bond acceptors (Lipinski definition) is 3. The van der Waals surface area contributed by atoms with E-state index in [1.54, 1.807) is 0 Å². The van der Waals surface area contributed by atoms with E-state index in [0.29, 0.717) is 6.08 Å². The van der Waals surface area contributed by atoms with Gasteiger partial charge in [0.05, 0.1) is 0 Å². The normalized spacial score (nSPS) is 9.19. The fourth-order valence-corrected chi connectivity index (χ4v) is 0.817. The van der Waals surface area contributed by atoms with Crippen LogP contribution >= 0.6 is 0 Å². The maximum Gasteiger partial charge on any atom is 0.335 e. The maximum atomic E-state index is 12.9. The monoisotopic (exact) mass is 309 g/mol. The van der Waals surface area contributed by atoms with Crippen LogP contribution in [0.2, 0.25) is 0 Å². The van der Waals surface area contributed by atoms with Gasteiger partial charge in [0.1, 0.15) is 0 Å². The topological polar surface area (TPSA) is 69.4 Å². The summed E-state index contributed by atoms with van der Waals surface area (Å²) in [4.78, 5) is 20.1. The molecule has 21 heavy (non-hydrogen) atoms. The van der Waals surface area contributed by atoms with Gasteiger partial charge in [0.2, 0.25) is 40.7 Å². The molecule has 1 rings (SSSR count). The van der Waals surface area contributed by atoms with Crippen molar-refractivity contribution in [2.75, 3.05) is 0 Å². The van der Waals surface area contributed by atoms with Crippen LogP contribution in [0, 0.1) is 29.1 Å². The zero-order valence-electron chi connectivity index (χ0n) is 10.3. The second-order valence-corrected chi connectivity index (χ2v) is 3.13. The summed E-state index contributed by atoms with van der Waals surface area (Å²) >= 11 is 0. The zero-order chi connectivity index (χ0) is 16.7. The highest BCUT2D eigenvalue weighted by atomic mass is 19.2. The molecule has 0 aliphatic heterocycles. The number of carbonyl (C=O) groups excluding carboxylic acids is 2. The Morgan fingerprint density at radius 3 is 1.48 bits per heavy atom. The van der Waals surface area contributed by atoms with Gasteiger partial charge in [-0.2, -0.15) is 8.78 Å². The highest BCUT2D eigenvalue weighted by Gasteiger charge is 2.27. The summed E-state index contributed by atoms with van der Waals surface area (Å²) in [5, 5.41) is 0. The van der Waals surface area contributed by atoms with Gasteiger partial charge in [-0.25, -0.2) is 18.0 Å². The standard InChI is InChI=1S/C9H3F5O2.C3H5NO/c1-2-3(15)16-9-7(13)5(11)4(10)6(12)8(9)14;1-2-3(4)5/h2H,1H2;2H,1H2,(H2,4,5). The largest absolute Gasteiger partial charge is 0.417 e. The Kier molecular flexibility index (Phi) is 6.77. The van der Waals surface area contributed by atoms with Crippen LogP contribution in [0.1, 0.15) is 0 Å². The minimum atomic E-state index is -2.33. The predicted octanol–water partition coefficient (Wildman–Crippen LogP) is 2.13. The van der Waals surface area contributed by atoms with Crippen LogP contribution in [0.4, 0.5) is 22.0 Å². The number of nitrogens with two attached hydrogens (primary N) is 1. The van der Waals surface area contributed by atoms with Gasteiger partial charge in [-0.1, -0.05) is 13.2 Å². The number of rotatable bonds is 3. The first-order chi connectivity index (χ1) is 9.67. The first-order valence-corrected chi connectivity index (χ1v) is 4.94. The van der Waals surface area contributed by atoms with Crippen molar-refractivity contribution >= 4 is 11.9 Å². The molecule has 0 saturated carbocycles. The van der Waals surface area contributed by atoms with E-state index in [0.717, 1.165) is 6.08 Å². The summed E-state index contributed by atoms with van der Waals surface area (Å²) in [5.74, 6) is -14.6. The molecule has 0 spiro atoms. The second kappa shape index (κ2) is 7.78. The van der Waals surface area contributed by atoms with Crippen molar-refractivity contribution in [1.82, 2.24) is 0 Å². The van der Waals surface area contributed by atoms with Gasteiger partial charge in [-0.05, 0) is 6.08 Å². The van der Waals surface area contributed by atoms with Crippen molar-refractivity contribution in [1.29, 1.82) is 0 Å². The third kappa shape index (κ3) is 4.71. The molecule has 0 aliphatic carbocycles. The average Bonchev–Trinajstić information content (AvgIpc) is 2.47. The Hall–Kier alpha value is -2.71. The van der Waals surface area contributed by atoms with Crippen molar-refractivity contribution < 1.29 is 36.3 Å². The molecule has 4 nitrogen and oxygen atoms in total. The molecule has 0 bridgehead atoms. The lowest BCUT2D eigenvalue weighted by atomic mass is 10.2. The van der Waals surface area contributed by atoms with Crippen LogP contribution in [-0.4, -0.2) is 11.9 Å². The van der Waals surface area contributed by atoms with Crippen LogP contribution < -0.4 is 10.5 Å². The first-order valence-electron chi connectivity index (χ1n) is 4.94. The number of hydrogen-bond donors (Lipinski definition) is 1. The van der Waals surface area contributed by atoms with E-state index in [1.165, 1.54) is 0 Å². The third-order valence-corrected chi connectivity index (χ3v) is 1.74. The number of benzene rings is 1. The minimum absolute atomic E-state index is 0.481. The van der Waals surface area contributed by atoms with Gasteiger partial charge in [0, 0.05) is 6.08 Å². The second-order valence-electron chi connectivity index (χ2n) is 3.13. The number of halogens is 5. The third-order valence-electron chi connectivity index (χ3n) is 1.74. The van der Waals surface area contributed by atoms with Crippen molar-refractivity contribution in [3.63, 3.8) is 0 Å². The molecule has 1 aromatic carbocycles. The van der Waals surface area contributed by atoms with Crippen molar-refractivity contribution in [2.45, 2.75) is 0 Å². The molecule has 9 heteroatoms. The number of ether oxygens (including phenoxy) is 1. The molecule has 0 fully saturated rings. The quantitative estimate of drug-likeness (QED) is 0.232. The Morgan fingerprint density at radius 2 is 1.19 bits per heavy atom. The molecular formula is C12H8F5NO3. The van der Waals surface area contributed by atoms with E-state index in [4.69, 9.17) is 0 Å². The van der Waals surface area contributed by atoms with Crippen molar-refractivity contribution in [3.05, 3.63) is 54.4 Å². The van der Waals surface area contributed by atoms with Gasteiger partial charge < -0.3 is 10.5 Å². The molecule has 2 N–H and O–H groups in total. The van der Waals surface area contributed by atoms with E-state index < -0.39 is 46.7 Å². The zero-order valence-corrected chi connectivity index (χ0v) is 10.3. The van der Waals surface area contributed by atoms with Crippen LogP contribution in [-0.2, 0) is 9.59 Å². The van der Waals surface area contributed by atoms with E-state index >= 15 is 0 Å². The van der Waals surface area contributed by atoms with Gasteiger partial charge in [-0.3, -0.25) is 4.79 Å². The number of primary amides is 1. The van der Waals surface area contributed by atoms with Crippen LogP contribution in [0.3, 0.4) is 0 Å². The molecule has 1 aromatic rings. The Morgan fingerprint density at radius 1 is 0.857 bits per heavy atom. The lowest BCUT2D eigenvalue weighted by molar-refractivity contribution is -0.129. The summed E-state index contributed by atoms with van der Waals surface area (Å²) in [5.41, 5.74) is 4.53. The summed E-state index contributed by atoms with van der Waals surface area (Å²) in [6, 6.07) is 0. The summed E-state index contributed by atoms with van der Waals surface area (Å²) in [6.07, 6.45) is 1.57. The van der Waals surface area contributed by atoms with E-state index in [1.807, 2.05) is 0 Å². The number of carbonyl (C=O) groups is 2. The highest BCUT2D eigenvalue weighted by molar-refractivity contribution is 5.85. The van der Waals surface area contributed by atoms with Crippen LogP contribution in [0.25, 0.3) is 0 Å². The summed E-state index contributed by atoms with van der Waals surface area (Å²) in [6.45, 7) is 5.98. The molecule has 0 saturated heterocycles. The van der Waals surface area contributed by atoms with Gasteiger partial charge in [0.15, 0.2) is 0 Å². The Labute approximate surface area is 115 Å². The van der Waals surface area contributed by atoms with Gasteiger partial charge >= 0.3 is 5.97 Å². The summed E-state index contributed by atoms with van der Waals surface area (Å²) < 4.78 is 67.3. The van der Waals surface area contributed by atoms with E-state index in [9.17, 15) is 31.5 Å².